The number of carbonyl (C=O) groups is 4. The number of primary amides is 1. The number of unbranched alkanes of at least 4 members (excludes halogenated alkanes) is 1. The van der Waals surface area contributed by atoms with E-state index in [1.54, 1.807) is 12.1 Å². The number of benzene rings is 1. The van der Waals surface area contributed by atoms with Crippen LogP contribution in [0.25, 0.3) is 0 Å². The van der Waals surface area contributed by atoms with E-state index >= 15 is 0 Å². The molecule has 33 heavy (non-hydrogen) atoms. The van der Waals surface area contributed by atoms with Gasteiger partial charge in [-0.25, -0.2) is 0 Å². The summed E-state index contributed by atoms with van der Waals surface area (Å²) < 4.78 is 0. The Morgan fingerprint density at radius 1 is 1.12 bits per heavy atom. The third kappa shape index (κ3) is 7.75. The summed E-state index contributed by atoms with van der Waals surface area (Å²) >= 11 is 1.40. The summed E-state index contributed by atoms with van der Waals surface area (Å²) in [4.78, 5) is 51.3. The molecule has 1 aromatic rings. The minimum atomic E-state index is -0.897. The van der Waals surface area contributed by atoms with Crippen molar-refractivity contribution in [2.45, 2.75) is 63.4 Å². The average molecular weight is 478 g/mol. The van der Waals surface area contributed by atoms with Gasteiger partial charge in [0.2, 0.25) is 17.7 Å². The van der Waals surface area contributed by atoms with Crippen molar-refractivity contribution >= 4 is 35.4 Å². The van der Waals surface area contributed by atoms with E-state index in [0.29, 0.717) is 43.5 Å². The number of rotatable bonds is 7. The minimum absolute atomic E-state index is 0.158. The van der Waals surface area contributed by atoms with E-state index in [1.807, 2.05) is 26.0 Å². The van der Waals surface area contributed by atoms with Crippen molar-refractivity contribution in [3.63, 3.8) is 0 Å². The summed E-state index contributed by atoms with van der Waals surface area (Å²) in [5.74, 6) is -1.38. The molecular formula is C23H35N5O4S. The van der Waals surface area contributed by atoms with Crippen LogP contribution in [0.3, 0.4) is 0 Å². The zero-order valence-corrected chi connectivity index (χ0v) is 20.1. The molecule has 9 nitrogen and oxygen atoms in total. The molecule has 182 valence electrons. The van der Waals surface area contributed by atoms with Gasteiger partial charge < -0.3 is 27.4 Å². The quantitative estimate of drug-likeness (QED) is 0.363. The van der Waals surface area contributed by atoms with Gasteiger partial charge in [-0.1, -0.05) is 38.5 Å². The Balaban J connectivity index is 2.40. The molecule has 2 rings (SSSR count). The molecule has 1 aromatic carbocycles. The molecule has 1 aliphatic rings. The first-order valence-corrected chi connectivity index (χ1v) is 12.5. The SMILES string of the molecule is CCC(C)[C@@H]1NC(=O)c2ccccc2CSC[C@@H](C(N)=O)NC(=O)C(CCCCN)NC1=O. The van der Waals surface area contributed by atoms with Gasteiger partial charge in [0.05, 0.1) is 0 Å². The summed E-state index contributed by atoms with van der Waals surface area (Å²) in [6.45, 7) is 4.28. The lowest BCUT2D eigenvalue weighted by Crippen LogP contribution is -2.58. The maximum absolute atomic E-state index is 13.2. The van der Waals surface area contributed by atoms with Gasteiger partial charge >= 0.3 is 0 Å². The van der Waals surface area contributed by atoms with E-state index in [0.717, 1.165) is 5.56 Å². The average Bonchev–Trinajstić information content (AvgIpc) is 2.80. The number of nitrogens with two attached hydrogens (primary N) is 2. The number of fused-ring (bicyclic) bond motifs is 1. The summed E-state index contributed by atoms with van der Waals surface area (Å²) in [5.41, 5.74) is 12.3. The molecule has 0 bridgehead atoms. The highest BCUT2D eigenvalue weighted by Crippen LogP contribution is 2.19. The van der Waals surface area contributed by atoms with Crippen molar-refractivity contribution in [1.82, 2.24) is 16.0 Å². The Bertz CT molecular complexity index is 850. The van der Waals surface area contributed by atoms with Gasteiger partial charge in [0.1, 0.15) is 18.1 Å². The summed E-state index contributed by atoms with van der Waals surface area (Å²) in [7, 11) is 0. The van der Waals surface area contributed by atoms with Crippen molar-refractivity contribution < 1.29 is 19.2 Å². The monoisotopic (exact) mass is 477 g/mol. The lowest BCUT2D eigenvalue weighted by Gasteiger charge is -2.28. The largest absolute Gasteiger partial charge is 0.368 e. The number of carbonyl (C=O) groups excluding carboxylic acids is 4. The molecule has 2 unspecified atom stereocenters. The number of hydrogen-bond acceptors (Lipinski definition) is 6. The fraction of sp³-hybridized carbons (Fsp3) is 0.565. The molecule has 0 saturated heterocycles. The predicted octanol–water partition coefficient (Wildman–Crippen LogP) is 0.662. The number of nitrogens with one attached hydrogen (secondary N) is 3. The summed E-state index contributed by atoms with van der Waals surface area (Å²) in [6, 6.07) is 4.56. The van der Waals surface area contributed by atoms with Crippen LogP contribution < -0.4 is 27.4 Å². The van der Waals surface area contributed by atoms with Crippen LogP contribution in [0.5, 0.6) is 0 Å². The zero-order chi connectivity index (χ0) is 24.4. The first kappa shape index (κ1) is 26.7. The smallest absolute Gasteiger partial charge is 0.252 e. The first-order chi connectivity index (χ1) is 15.8. The van der Waals surface area contributed by atoms with Gasteiger partial charge in [-0.05, 0) is 43.4 Å². The van der Waals surface area contributed by atoms with E-state index in [9.17, 15) is 19.2 Å². The molecule has 4 atom stereocenters. The Morgan fingerprint density at radius 3 is 2.52 bits per heavy atom. The first-order valence-electron chi connectivity index (χ1n) is 11.3. The maximum Gasteiger partial charge on any atom is 0.252 e. The van der Waals surface area contributed by atoms with E-state index < -0.39 is 35.8 Å². The van der Waals surface area contributed by atoms with Crippen molar-refractivity contribution in [3.8, 4) is 0 Å². The van der Waals surface area contributed by atoms with Gasteiger partial charge in [0, 0.05) is 17.1 Å². The lowest BCUT2D eigenvalue weighted by atomic mass is 9.96. The molecule has 0 radical (unpaired) electrons. The highest BCUT2D eigenvalue weighted by Gasteiger charge is 2.32. The minimum Gasteiger partial charge on any atom is -0.368 e. The second-order valence-corrected chi connectivity index (χ2v) is 9.35. The van der Waals surface area contributed by atoms with Crippen molar-refractivity contribution in [3.05, 3.63) is 35.4 Å². The van der Waals surface area contributed by atoms with E-state index in [1.165, 1.54) is 11.8 Å². The fourth-order valence-corrected chi connectivity index (χ4v) is 4.64. The number of thioether (sulfide) groups is 1. The fourth-order valence-electron chi connectivity index (χ4n) is 3.57. The van der Waals surface area contributed by atoms with Crippen molar-refractivity contribution in [2.75, 3.05) is 12.3 Å². The van der Waals surface area contributed by atoms with Gasteiger partial charge in [-0.2, -0.15) is 11.8 Å². The highest BCUT2D eigenvalue weighted by atomic mass is 32.2. The van der Waals surface area contributed by atoms with E-state index in [2.05, 4.69) is 16.0 Å². The van der Waals surface area contributed by atoms with E-state index in [4.69, 9.17) is 11.5 Å². The molecular weight excluding hydrogens is 442 g/mol. The second-order valence-electron chi connectivity index (χ2n) is 8.32. The standard InChI is InChI=1S/C23H35N5O4S/c1-3-14(2)19-23(32)26-17(10-6-7-11-24)22(31)27-18(20(25)29)13-33-12-15-8-4-5-9-16(15)21(30)28-19/h4-5,8-9,14,17-19H,3,6-7,10-13,24H2,1-2H3,(H2,25,29)(H,26,32)(H,27,31)(H,28,30)/t14?,17?,18-,19-/m0/s1. The molecule has 0 aliphatic carbocycles. The van der Waals surface area contributed by atoms with Gasteiger partial charge in [0.15, 0.2) is 0 Å². The van der Waals surface area contributed by atoms with Crippen LogP contribution in [0.4, 0.5) is 0 Å². The Labute approximate surface area is 199 Å². The lowest BCUT2D eigenvalue weighted by molar-refractivity contribution is -0.132. The molecule has 1 heterocycles. The van der Waals surface area contributed by atoms with Gasteiger partial charge in [-0.15, -0.1) is 0 Å². The highest BCUT2D eigenvalue weighted by molar-refractivity contribution is 7.98. The second kappa shape index (κ2) is 13.2. The molecule has 4 amide bonds. The molecule has 0 spiro atoms. The van der Waals surface area contributed by atoms with Crippen LogP contribution in [0.15, 0.2) is 24.3 Å². The Morgan fingerprint density at radius 2 is 1.85 bits per heavy atom. The van der Waals surface area contributed by atoms with Crippen LogP contribution in [0.1, 0.15) is 55.5 Å². The third-order valence-corrected chi connectivity index (χ3v) is 6.91. The normalized spacial score (nSPS) is 23.4. The molecule has 0 aromatic heterocycles. The molecule has 0 fully saturated rings. The van der Waals surface area contributed by atoms with Gasteiger partial charge in [0.25, 0.3) is 5.91 Å². The third-order valence-electron chi connectivity index (χ3n) is 5.83. The molecule has 10 heteroatoms. The molecule has 7 N–H and O–H groups in total. The summed E-state index contributed by atoms with van der Waals surface area (Å²) in [6.07, 6.45) is 2.33. The van der Waals surface area contributed by atoms with Gasteiger partial charge in [-0.3, -0.25) is 19.2 Å². The maximum atomic E-state index is 13.2. The zero-order valence-electron chi connectivity index (χ0n) is 19.3. The van der Waals surface area contributed by atoms with Crippen LogP contribution >= 0.6 is 11.8 Å². The number of hydrogen-bond donors (Lipinski definition) is 5. The van der Waals surface area contributed by atoms with Crippen molar-refractivity contribution in [2.24, 2.45) is 17.4 Å². The summed E-state index contributed by atoms with van der Waals surface area (Å²) in [5, 5.41) is 8.35. The van der Waals surface area contributed by atoms with Crippen LogP contribution in [0.2, 0.25) is 0 Å². The van der Waals surface area contributed by atoms with Crippen LogP contribution in [-0.2, 0) is 20.1 Å². The molecule has 1 aliphatic heterocycles. The predicted molar refractivity (Wildman–Crippen MR) is 129 cm³/mol. The Hall–Kier alpha value is -2.59. The Kier molecular flexibility index (Phi) is 10.7. The topological polar surface area (TPSA) is 156 Å². The van der Waals surface area contributed by atoms with Crippen molar-refractivity contribution in [1.29, 1.82) is 0 Å². The number of amides is 4. The van der Waals surface area contributed by atoms with Crippen LogP contribution in [-0.4, -0.2) is 54.1 Å². The van der Waals surface area contributed by atoms with Crippen LogP contribution in [0, 0.1) is 5.92 Å². The van der Waals surface area contributed by atoms with E-state index in [-0.39, 0.29) is 17.6 Å². The molecule has 0 saturated carbocycles.